The first-order valence-corrected chi connectivity index (χ1v) is 7.01. The summed E-state index contributed by atoms with van der Waals surface area (Å²) in [5.41, 5.74) is 6.91. The van der Waals surface area contributed by atoms with E-state index >= 15 is 0 Å². The van der Waals surface area contributed by atoms with E-state index in [1.807, 2.05) is 31.3 Å². The van der Waals surface area contributed by atoms with E-state index < -0.39 is 0 Å². The minimum atomic E-state index is 0.0523. The molecule has 1 rings (SSSR count). The molecule has 1 aromatic rings. The lowest BCUT2D eigenvalue weighted by Crippen LogP contribution is -2.35. The van der Waals surface area contributed by atoms with Crippen LogP contribution < -0.4 is 5.73 Å². The van der Waals surface area contributed by atoms with Crippen LogP contribution in [0.15, 0.2) is 24.3 Å². The first-order valence-electron chi connectivity index (χ1n) is 7.01. The van der Waals surface area contributed by atoms with E-state index in [2.05, 4.69) is 32.6 Å². The summed E-state index contributed by atoms with van der Waals surface area (Å²) in [6.45, 7) is 6.76. The van der Waals surface area contributed by atoms with Gasteiger partial charge in [-0.25, -0.2) is 0 Å². The largest absolute Gasteiger partial charge is 0.339 e. The van der Waals surface area contributed by atoms with E-state index in [1.165, 1.54) is 0 Å². The van der Waals surface area contributed by atoms with Gasteiger partial charge < -0.3 is 10.6 Å². The molecule has 0 heterocycles. The van der Waals surface area contributed by atoms with Crippen molar-refractivity contribution in [1.29, 1.82) is 0 Å². The van der Waals surface area contributed by atoms with Crippen LogP contribution in [0.1, 0.15) is 43.1 Å². The second kappa shape index (κ2) is 7.72. The monoisotopic (exact) mass is 272 g/mol. The van der Waals surface area contributed by atoms with Crippen LogP contribution in [0.5, 0.6) is 0 Å². The number of carbonyl (C=O) groups is 1. The molecule has 0 radical (unpaired) electrons. The van der Waals surface area contributed by atoms with Crippen molar-refractivity contribution in [3.8, 4) is 11.8 Å². The third-order valence-corrected chi connectivity index (χ3v) is 3.26. The quantitative estimate of drug-likeness (QED) is 0.856. The van der Waals surface area contributed by atoms with Crippen molar-refractivity contribution in [1.82, 2.24) is 4.90 Å². The Hall–Kier alpha value is -1.79. The summed E-state index contributed by atoms with van der Waals surface area (Å²) < 4.78 is 0. The Labute approximate surface area is 122 Å². The molecule has 1 unspecified atom stereocenters. The predicted molar refractivity (Wildman–Crippen MR) is 83.4 cm³/mol. The van der Waals surface area contributed by atoms with Crippen LogP contribution in [-0.4, -0.2) is 30.4 Å². The highest BCUT2D eigenvalue weighted by molar-refractivity contribution is 5.94. The topological polar surface area (TPSA) is 46.3 Å². The highest BCUT2D eigenvalue weighted by Crippen LogP contribution is 2.13. The minimum Gasteiger partial charge on any atom is -0.339 e. The number of rotatable bonds is 4. The fourth-order valence-corrected chi connectivity index (χ4v) is 2.09. The van der Waals surface area contributed by atoms with Gasteiger partial charge in [0.2, 0.25) is 0 Å². The lowest BCUT2D eigenvalue weighted by Gasteiger charge is -2.26. The highest BCUT2D eigenvalue weighted by atomic mass is 16.2. The third-order valence-electron chi connectivity index (χ3n) is 3.26. The summed E-state index contributed by atoms with van der Waals surface area (Å²) in [4.78, 5) is 14.2. The van der Waals surface area contributed by atoms with Gasteiger partial charge >= 0.3 is 0 Å². The molecule has 20 heavy (non-hydrogen) atoms. The Morgan fingerprint density at radius 2 is 1.85 bits per heavy atom. The SMILES string of the molecule is CC(C)CC(C)N(C)C(=O)c1ccc(C#CCN)cc1. The number of carbonyl (C=O) groups excluding carboxylic acids is 1. The number of hydrogen-bond donors (Lipinski definition) is 1. The van der Waals surface area contributed by atoms with Crippen molar-refractivity contribution >= 4 is 5.91 Å². The zero-order valence-corrected chi connectivity index (χ0v) is 12.8. The van der Waals surface area contributed by atoms with Gasteiger partial charge in [-0.3, -0.25) is 4.79 Å². The fraction of sp³-hybridized carbons (Fsp3) is 0.471. The Bertz CT molecular complexity index is 494. The number of nitrogens with two attached hydrogens (primary N) is 1. The Balaban J connectivity index is 2.76. The molecule has 1 amide bonds. The molecule has 0 spiro atoms. The van der Waals surface area contributed by atoms with Crippen molar-refractivity contribution in [3.05, 3.63) is 35.4 Å². The molecule has 3 heteroatoms. The Morgan fingerprint density at radius 3 is 2.35 bits per heavy atom. The van der Waals surface area contributed by atoms with Crippen LogP contribution in [0.2, 0.25) is 0 Å². The standard InChI is InChI=1S/C17H24N2O/c1-13(2)12-14(3)19(4)17(20)16-9-7-15(8-10-16)6-5-11-18/h7-10,13-14H,11-12,18H2,1-4H3. The van der Waals surface area contributed by atoms with E-state index in [9.17, 15) is 4.79 Å². The molecule has 0 saturated carbocycles. The molecule has 0 aliphatic rings. The molecule has 3 nitrogen and oxygen atoms in total. The van der Waals surface area contributed by atoms with Crippen LogP contribution in [0.4, 0.5) is 0 Å². The van der Waals surface area contributed by atoms with Crippen molar-refractivity contribution < 1.29 is 4.79 Å². The fourth-order valence-electron chi connectivity index (χ4n) is 2.09. The van der Waals surface area contributed by atoms with Crippen LogP contribution in [-0.2, 0) is 0 Å². The van der Waals surface area contributed by atoms with Gasteiger partial charge in [-0.1, -0.05) is 25.7 Å². The Morgan fingerprint density at radius 1 is 1.25 bits per heavy atom. The lowest BCUT2D eigenvalue weighted by atomic mass is 10.0. The summed E-state index contributed by atoms with van der Waals surface area (Å²) in [5.74, 6) is 6.38. The summed E-state index contributed by atoms with van der Waals surface area (Å²) in [6, 6.07) is 7.59. The smallest absolute Gasteiger partial charge is 0.253 e. The van der Waals surface area contributed by atoms with Gasteiger partial charge in [0.15, 0.2) is 0 Å². The second-order valence-electron chi connectivity index (χ2n) is 5.48. The van der Waals surface area contributed by atoms with Gasteiger partial charge in [-0.15, -0.1) is 0 Å². The molecular formula is C17H24N2O. The van der Waals surface area contributed by atoms with Crippen LogP contribution in [0, 0.1) is 17.8 Å². The molecule has 0 fully saturated rings. The molecular weight excluding hydrogens is 248 g/mol. The van der Waals surface area contributed by atoms with Gasteiger partial charge in [0, 0.05) is 24.2 Å². The molecule has 108 valence electrons. The molecule has 0 aliphatic carbocycles. The highest BCUT2D eigenvalue weighted by Gasteiger charge is 2.18. The maximum Gasteiger partial charge on any atom is 0.253 e. The van der Waals surface area contributed by atoms with E-state index in [0.29, 0.717) is 18.0 Å². The maximum atomic E-state index is 12.4. The summed E-state index contributed by atoms with van der Waals surface area (Å²) in [6.07, 6.45) is 1.00. The van der Waals surface area contributed by atoms with Crippen LogP contribution >= 0.6 is 0 Å². The van der Waals surface area contributed by atoms with E-state index in [-0.39, 0.29) is 11.9 Å². The molecule has 0 aromatic heterocycles. The lowest BCUT2D eigenvalue weighted by molar-refractivity contribution is 0.0728. The zero-order valence-electron chi connectivity index (χ0n) is 12.8. The zero-order chi connectivity index (χ0) is 15.1. The van der Waals surface area contributed by atoms with E-state index in [0.717, 1.165) is 12.0 Å². The third kappa shape index (κ3) is 4.71. The van der Waals surface area contributed by atoms with Crippen LogP contribution in [0.3, 0.4) is 0 Å². The van der Waals surface area contributed by atoms with Gasteiger partial charge in [-0.2, -0.15) is 0 Å². The maximum absolute atomic E-state index is 12.4. The van der Waals surface area contributed by atoms with Gasteiger partial charge in [-0.05, 0) is 43.5 Å². The van der Waals surface area contributed by atoms with Crippen LogP contribution in [0.25, 0.3) is 0 Å². The number of nitrogens with zero attached hydrogens (tertiary/aromatic N) is 1. The van der Waals surface area contributed by atoms with Crippen molar-refractivity contribution in [2.75, 3.05) is 13.6 Å². The summed E-state index contributed by atoms with van der Waals surface area (Å²) in [7, 11) is 1.86. The van der Waals surface area contributed by atoms with Gasteiger partial charge in [0.25, 0.3) is 5.91 Å². The molecule has 1 atom stereocenters. The first kappa shape index (κ1) is 16.3. The number of benzene rings is 1. The predicted octanol–water partition coefficient (Wildman–Crippen LogP) is 2.50. The number of hydrogen-bond acceptors (Lipinski definition) is 2. The van der Waals surface area contributed by atoms with E-state index in [1.54, 1.807) is 4.90 Å². The van der Waals surface area contributed by atoms with E-state index in [4.69, 9.17) is 5.73 Å². The molecule has 0 saturated heterocycles. The van der Waals surface area contributed by atoms with Crippen molar-refractivity contribution in [3.63, 3.8) is 0 Å². The van der Waals surface area contributed by atoms with Crippen molar-refractivity contribution in [2.24, 2.45) is 11.7 Å². The first-order chi connectivity index (χ1) is 9.45. The number of amides is 1. The summed E-state index contributed by atoms with van der Waals surface area (Å²) in [5, 5.41) is 0. The van der Waals surface area contributed by atoms with Gasteiger partial charge in [0.1, 0.15) is 0 Å². The molecule has 1 aromatic carbocycles. The van der Waals surface area contributed by atoms with Gasteiger partial charge in [0.05, 0.1) is 6.54 Å². The molecule has 0 bridgehead atoms. The average Bonchev–Trinajstić information content (AvgIpc) is 2.43. The minimum absolute atomic E-state index is 0.0523. The second-order valence-corrected chi connectivity index (χ2v) is 5.48. The molecule has 0 aliphatic heterocycles. The normalized spacial score (nSPS) is 11.7. The summed E-state index contributed by atoms with van der Waals surface area (Å²) >= 11 is 0. The van der Waals surface area contributed by atoms with Crippen molar-refractivity contribution in [2.45, 2.75) is 33.2 Å². The Kier molecular flexibility index (Phi) is 6.27. The molecule has 2 N–H and O–H groups in total. The average molecular weight is 272 g/mol.